The summed E-state index contributed by atoms with van der Waals surface area (Å²) in [6.45, 7) is 2.01. The van der Waals surface area contributed by atoms with Gasteiger partial charge in [-0.2, -0.15) is 0 Å². The Morgan fingerprint density at radius 1 is 0.906 bits per heavy atom. The molecule has 5 nitrogen and oxygen atoms in total. The number of hydrogen-bond acceptors (Lipinski definition) is 4. The van der Waals surface area contributed by atoms with E-state index in [0.29, 0.717) is 21.5 Å². The molecule has 0 radical (unpaired) electrons. The Kier molecular flexibility index (Phi) is 5.96. The molecule has 3 aromatic carbocycles. The molecule has 0 saturated carbocycles. The van der Waals surface area contributed by atoms with E-state index in [0.717, 1.165) is 54.1 Å². The van der Waals surface area contributed by atoms with Gasteiger partial charge in [0.2, 0.25) is 0 Å². The second-order valence-corrected chi connectivity index (χ2v) is 8.73. The second-order valence-electron chi connectivity index (χ2n) is 7.92. The number of piperidine rings is 1. The average molecular weight is 468 g/mol. The van der Waals surface area contributed by atoms with E-state index >= 15 is 0 Å². The summed E-state index contributed by atoms with van der Waals surface area (Å²) in [4.78, 5) is 4.85. The first-order chi connectivity index (χ1) is 15.6. The lowest BCUT2D eigenvalue weighted by molar-refractivity contribution is 0.162. The van der Waals surface area contributed by atoms with Gasteiger partial charge in [-0.3, -0.25) is 0 Å². The van der Waals surface area contributed by atoms with Crippen LogP contribution in [-0.4, -0.2) is 28.7 Å². The summed E-state index contributed by atoms with van der Waals surface area (Å²) in [6.07, 6.45) is 2.32. The molecule has 1 N–H and O–H groups in total. The molecule has 1 aromatic heterocycles. The van der Waals surface area contributed by atoms with Crippen LogP contribution in [0, 0.1) is 0 Å². The van der Waals surface area contributed by atoms with Crippen LogP contribution in [0.4, 0.5) is 0 Å². The summed E-state index contributed by atoms with van der Waals surface area (Å²) in [6, 6.07) is 19.2. The van der Waals surface area contributed by atoms with Crippen molar-refractivity contribution in [1.29, 1.82) is 0 Å². The summed E-state index contributed by atoms with van der Waals surface area (Å²) in [5.74, 6) is 3.07. The molecule has 32 heavy (non-hydrogen) atoms. The number of aryl methyl sites for hydroxylation is 1. The van der Waals surface area contributed by atoms with E-state index in [-0.39, 0.29) is 6.10 Å². The van der Waals surface area contributed by atoms with Crippen LogP contribution in [-0.2, 0) is 7.05 Å². The molecule has 2 heterocycles. The van der Waals surface area contributed by atoms with Crippen LogP contribution in [0.3, 0.4) is 0 Å². The van der Waals surface area contributed by atoms with Gasteiger partial charge >= 0.3 is 0 Å². The van der Waals surface area contributed by atoms with Gasteiger partial charge in [-0.05, 0) is 62.3 Å². The molecular formula is C25H23Cl2N3O2. The van der Waals surface area contributed by atoms with Crippen molar-refractivity contribution in [3.8, 4) is 28.6 Å². The fourth-order valence-corrected chi connectivity index (χ4v) is 4.27. The van der Waals surface area contributed by atoms with Crippen LogP contribution in [0.1, 0.15) is 12.8 Å². The van der Waals surface area contributed by atoms with Gasteiger partial charge < -0.3 is 19.4 Å². The van der Waals surface area contributed by atoms with Crippen LogP contribution in [0.2, 0.25) is 10.0 Å². The highest BCUT2D eigenvalue weighted by Crippen LogP contribution is 2.32. The van der Waals surface area contributed by atoms with Gasteiger partial charge in [0.15, 0.2) is 0 Å². The molecule has 0 bridgehead atoms. The number of ether oxygens (including phenoxy) is 2. The highest BCUT2D eigenvalue weighted by molar-refractivity contribution is 6.42. The van der Waals surface area contributed by atoms with Crippen molar-refractivity contribution < 1.29 is 9.47 Å². The van der Waals surface area contributed by atoms with Crippen LogP contribution in [0.15, 0.2) is 60.7 Å². The first-order valence-electron chi connectivity index (χ1n) is 10.6. The second kappa shape index (κ2) is 9.02. The Morgan fingerprint density at radius 3 is 2.50 bits per heavy atom. The third kappa shape index (κ3) is 4.42. The fourth-order valence-electron chi connectivity index (χ4n) is 3.98. The van der Waals surface area contributed by atoms with Crippen molar-refractivity contribution in [2.24, 2.45) is 7.05 Å². The molecule has 0 atom stereocenters. The summed E-state index contributed by atoms with van der Waals surface area (Å²) in [5, 5.41) is 4.32. The number of halogens is 2. The van der Waals surface area contributed by atoms with E-state index < -0.39 is 0 Å². The Morgan fingerprint density at radius 2 is 1.69 bits per heavy atom. The van der Waals surface area contributed by atoms with Crippen LogP contribution < -0.4 is 14.8 Å². The lowest BCUT2D eigenvalue weighted by Crippen LogP contribution is -2.34. The number of fused-ring (bicyclic) bond motifs is 1. The van der Waals surface area contributed by atoms with Crippen LogP contribution in [0.5, 0.6) is 17.2 Å². The number of imidazole rings is 1. The van der Waals surface area contributed by atoms with E-state index in [1.165, 1.54) is 0 Å². The van der Waals surface area contributed by atoms with Gasteiger partial charge in [0.25, 0.3) is 0 Å². The maximum Gasteiger partial charge on any atom is 0.140 e. The van der Waals surface area contributed by atoms with Crippen molar-refractivity contribution in [3.05, 3.63) is 70.7 Å². The maximum atomic E-state index is 6.22. The van der Waals surface area contributed by atoms with Crippen molar-refractivity contribution in [3.63, 3.8) is 0 Å². The summed E-state index contributed by atoms with van der Waals surface area (Å²) >= 11 is 12.1. The summed E-state index contributed by atoms with van der Waals surface area (Å²) in [5.41, 5.74) is 2.92. The molecular weight excluding hydrogens is 445 g/mol. The highest BCUT2D eigenvalue weighted by Gasteiger charge is 2.16. The van der Waals surface area contributed by atoms with Gasteiger partial charge in [-0.15, -0.1) is 0 Å². The quantitative estimate of drug-likeness (QED) is 0.365. The normalized spacial score (nSPS) is 14.6. The summed E-state index contributed by atoms with van der Waals surface area (Å²) < 4.78 is 14.3. The molecule has 164 valence electrons. The topological polar surface area (TPSA) is 48.3 Å². The van der Waals surface area contributed by atoms with E-state index in [1.54, 1.807) is 18.2 Å². The Bertz CT molecular complexity index is 1270. The third-order valence-electron chi connectivity index (χ3n) is 5.66. The fraction of sp³-hybridized carbons (Fsp3) is 0.240. The monoisotopic (exact) mass is 467 g/mol. The zero-order chi connectivity index (χ0) is 22.1. The van der Waals surface area contributed by atoms with E-state index in [2.05, 4.69) is 16.0 Å². The molecule has 0 spiro atoms. The molecule has 0 aliphatic carbocycles. The van der Waals surface area contributed by atoms with Crippen LogP contribution >= 0.6 is 23.2 Å². The van der Waals surface area contributed by atoms with Crippen LogP contribution in [0.25, 0.3) is 22.4 Å². The smallest absolute Gasteiger partial charge is 0.140 e. The Labute approximate surface area is 196 Å². The van der Waals surface area contributed by atoms with Gasteiger partial charge in [0, 0.05) is 24.7 Å². The van der Waals surface area contributed by atoms with Crippen molar-refractivity contribution in [2.45, 2.75) is 18.9 Å². The minimum atomic E-state index is 0.261. The number of nitrogens with zero attached hydrogens (tertiary/aromatic N) is 2. The highest BCUT2D eigenvalue weighted by atomic mass is 35.5. The SMILES string of the molecule is Cn1c(-c2cccc(Oc3ccc(Cl)c(Cl)c3)c2)nc2ccc(OC3CCNCC3)cc21. The minimum absolute atomic E-state index is 0.261. The van der Waals surface area contributed by atoms with E-state index in [1.807, 2.05) is 43.4 Å². The lowest BCUT2D eigenvalue weighted by atomic mass is 10.1. The molecule has 5 rings (SSSR count). The lowest BCUT2D eigenvalue weighted by Gasteiger charge is -2.23. The van der Waals surface area contributed by atoms with E-state index in [4.69, 9.17) is 37.7 Å². The number of aromatic nitrogens is 2. The molecule has 1 saturated heterocycles. The first-order valence-corrected chi connectivity index (χ1v) is 11.4. The van der Waals surface area contributed by atoms with Gasteiger partial charge in [0.05, 0.1) is 21.1 Å². The van der Waals surface area contributed by atoms with Crippen molar-refractivity contribution in [1.82, 2.24) is 14.9 Å². The zero-order valence-corrected chi connectivity index (χ0v) is 19.2. The largest absolute Gasteiger partial charge is 0.490 e. The number of rotatable bonds is 5. The van der Waals surface area contributed by atoms with Crippen molar-refractivity contribution >= 4 is 34.2 Å². The van der Waals surface area contributed by atoms with Crippen molar-refractivity contribution in [2.75, 3.05) is 13.1 Å². The molecule has 7 heteroatoms. The maximum absolute atomic E-state index is 6.22. The zero-order valence-electron chi connectivity index (χ0n) is 17.6. The van der Waals surface area contributed by atoms with Gasteiger partial charge in [-0.25, -0.2) is 4.98 Å². The first kappa shape index (κ1) is 21.1. The average Bonchev–Trinajstić information content (AvgIpc) is 3.13. The number of benzene rings is 3. The predicted molar refractivity (Wildman–Crippen MR) is 129 cm³/mol. The Hall–Kier alpha value is -2.73. The third-order valence-corrected chi connectivity index (χ3v) is 6.40. The van der Waals surface area contributed by atoms with E-state index in [9.17, 15) is 0 Å². The Balaban J connectivity index is 1.42. The standard InChI is InChI=1S/C25H23Cl2N3O2/c1-30-24-15-20(31-17-9-11-28-12-10-17)6-8-23(24)29-25(30)16-3-2-4-18(13-16)32-19-5-7-21(26)22(27)14-19/h2-8,13-15,17,28H,9-12H2,1H3. The molecule has 0 unspecified atom stereocenters. The molecule has 0 amide bonds. The molecule has 1 aliphatic rings. The molecule has 1 aliphatic heterocycles. The minimum Gasteiger partial charge on any atom is -0.490 e. The number of nitrogens with one attached hydrogen (secondary N) is 1. The van der Waals surface area contributed by atoms with Gasteiger partial charge in [0.1, 0.15) is 29.2 Å². The summed E-state index contributed by atoms with van der Waals surface area (Å²) in [7, 11) is 2.02. The molecule has 1 fully saturated rings. The number of hydrogen-bond donors (Lipinski definition) is 1. The predicted octanol–water partition coefficient (Wildman–Crippen LogP) is 6.47. The molecule has 4 aromatic rings. The van der Waals surface area contributed by atoms with Gasteiger partial charge in [-0.1, -0.05) is 35.3 Å².